The van der Waals surface area contributed by atoms with Crippen molar-refractivity contribution < 1.29 is 5.11 Å². The first-order valence-corrected chi connectivity index (χ1v) is 5.48. The van der Waals surface area contributed by atoms with Gasteiger partial charge in [-0.1, -0.05) is 53.6 Å². The fourth-order valence-electron chi connectivity index (χ4n) is 2.07. The van der Waals surface area contributed by atoms with Crippen molar-refractivity contribution >= 4 is 0 Å². The van der Waals surface area contributed by atoms with E-state index >= 15 is 0 Å². The summed E-state index contributed by atoms with van der Waals surface area (Å²) in [6.45, 7) is 4.28. The third-order valence-electron chi connectivity index (χ3n) is 2.72. The van der Waals surface area contributed by atoms with Gasteiger partial charge in [0.05, 0.1) is 6.61 Å². The molecule has 1 nitrogen and oxygen atoms in total. The Bertz CT molecular complexity index is 480. The lowest BCUT2D eigenvalue weighted by atomic mass is 9.97. The summed E-state index contributed by atoms with van der Waals surface area (Å²) in [5, 5.41) is 9.32. The molecule has 0 aliphatic heterocycles. The van der Waals surface area contributed by atoms with Crippen LogP contribution in [-0.4, -0.2) is 5.11 Å². The first-order chi connectivity index (χ1) is 7.70. The fourth-order valence-corrected chi connectivity index (χ4v) is 2.07. The first-order valence-electron chi connectivity index (χ1n) is 5.48. The van der Waals surface area contributed by atoms with E-state index in [2.05, 4.69) is 38.1 Å². The van der Waals surface area contributed by atoms with Crippen LogP contribution in [0.1, 0.15) is 16.7 Å². The van der Waals surface area contributed by atoms with Crippen LogP contribution in [0.2, 0.25) is 0 Å². The van der Waals surface area contributed by atoms with E-state index in [1.165, 1.54) is 16.7 Å². The van der Waals surface area contributed by atoms with E-state index in [1.54, 1.807) is 0 Å². The summed E-state index contributed by atoms with van der Waals surface area (Å²) in [5.74, 6) is 0. The molecule has 0 aliphatic carbocycles. The van der Waals surface area contributed by atoms with Crippen molar-refractivity contribution in [2.75, 3.05) is 0 Å². The maximum Gasteiger partial charge on any atom is 0.0687 e. The van der Waals surface area contributed by atoms with Crippen LogP contribution in [0.4, 0.5) is 0 Å². The summed E-state index contributed by atoms with van der Waals surface area (Å²) in [6.07, 6.45) is 0. The fraction of sp³-hybridized carbons (Fsp3) is 0.200. The van der Waals surface area contributed by atoms with E-state index in [1.807, 2.05) is 18.2 Å². The van der Waals surface area contributed by atoms with E-state index in [0.717, 1.165) is 11.1 Å². The molecule has 0 saturated carbocycles. The van der Waals surface area contributed by atoms with Crippen molar-refractivity contribution in [3.63, 3.8) is 0 Å². The molecule has 1 N–H and O–H groups in total. The minimum Gasteiger partial charge on any atom is -0.392 e. The zero-order valence-corrected chi connectivity index (χ0v) is 9.70. The standard InChI is InChI=1S/C15H16O/c1-11-7-12(2)9-14(8-11)15-6-4-3-5-13(15)10-16/h3-9,16H,10H2,1-2H3. The Kier molecular flexibility index (Phi) is 3.07. The summed E-state index contributed by atoms with van der Waals surface area (Å²) in [5.41, 5.74) is 5.79. The summed E-state index contributed by atoms with van der Waals surface area (Å²) < 4.78 is 0. The zero-order valence-electron chi connectivity index (χ0n) is 9.70. The first kappa shape index (κ1) is 10.9. The molecule has 0 unspecified atom stereocenters. The van der Waals surface area contributed by atoms with E-state index in [-0.39, 0.29) is 6.61 Å². The highest BCUT2D eigenvalue weighted by molar-refractivity contribution is 5.68. The van der Waals surface area contributed by atoms with Crippen molar-refractivity contribution in [2.45, 2.75) is 20.5 Å². The number of rotatable bonds is 2. The number of hydrogen-bond donors (Lipinski definition) is 1. The van der Waals surface area contributed by atoms with E-state index < -0.39 is 0 Å². The molecule has 82 valence electrons. The highest BCUT2D eigenvalue weighted by Crippen LogP contribution is 2.25. The second kappa shape index (κ2) is 4.50. The average molecular weight is 212 g/mol. The van der Waals surface area contributed by atoms with Gasteiger partial charge in [0, 0.05) is 0 Å². The molecule has 1 heteroatoms. The number of aryl methyl sites for hydroxylation is 2. The van der Waals surface area contributed by atoms with Gasteiger partial charge >= 0.3 is 0 Å². The Balaban J connectivity index is 2.58. The summed E-state index contributed by atoms with van der Waals surface area (Å²) in [7, 11) is 0. The van der Waals surface area contributed by atoms with Gasteiger partial charge < -0.3 is 5.11 Å². The molecular weight excluding hydrogens is 196 g/mol. The smallest absolute Gasteiger partial charge is 0.0687 e. The van der Waals surface area contributed by atoms with Crippen LogP contribution >= 0.6 is 0 Å². The van der Waals surface area contributed by atoms with Crippen LogP contribution in [-0.2, 0) is 6.61 Å². The molecule has 0 spiro atoms. The molecular formula is C15H16O. The molecule has 0 fully saturated rings. The van der Waals surface area contributed by atoms with Crippen molar-refractivity contribution in [3.05, 3.63) is 59.2 Å². The second-order valence-corrected chi connectivity index (χ2v) is 4.19. The van der Waals surface area contributed by atoms with E-state index in [9.17, 15) is 5.11 Å². The van der Waals surface area contributed by atoms with Crippen molar-refractivity contribution in [2.24, 2.45) is 0 Å². The SMILES string of the molecule is Cc1cc(C)cc(-c2ccccc2CO)c1. The molecule has 0 heterocycles. The Morgan fingerprint density at radius 3 is 2.19 bits per heavy atom. The largest absolute Gasteiger partial charge is 0.392 e. The molecule has 2 rings (SSSR count). The minimum absolute atomic E-state index is 0.0865. The van der Waals surface area contributed by atoms with Gasteiger partial charge in [-0.25, -0.2) is 0 Å². The van der Waals surface area contributed by atoms with E-state index in [0.29, 0.717) is 0 Å². The lowest BCUT2D eigenvalue weighted by molar-refractivity contribution is 0.282. The highest BCUT2D eigenvalue weighted by Gasteiger charge is 2.04. The molecule has 0 saturated heterocycles. The minimum atomic E-state index is 0.0865. The number of aliphatic hydroxyl groups excluding tert-OH is 1. The number of hydrogen-bond acceptors (Lipinski definition) is 1. The van der Waals surface area contributed by atoms with Crippen LogP contribution < -0.4 is 0 Å². The Labute approximate surface area is 96.4 Å². The van der Waals surface area contributed by atoms with Gasteiger partial charge in [0.1, 0.15) is 0 Å². The quantitative estimate of drug-likeness (QED) is 0.808. The average Bonchev–Trinajstić information content (AvgIpc) is 2.27. The Morgan fingerprint density at radius 1 is 0.938 bits per heavy atom. The van der Waals surface area contributed by atoms with Gasteiger partial charge in [0.2, 0.25) is 0 Å². The summed E-state index contributed by atoms with van der Waals surface area (Å²) in [4.78, 5) is 0. The summed E-state index contributed by atoms with van der Waals surface area (Å²) in [6, 6.07) is 14.4. The Morgan fingerprint density at radius 2 is 1.56 bits per heavy atom. The van der Waals surface area contributed by atoms with Crippen molar-refractivity contribution in [3.8, 4) is 11.1 Å². The van der Waals surface area contributed by atoms with Crippen LogP contribution in [0, 0.1) is 13.8 Å². The second-order valence-electron chi connectivity index (χ2n) is 4.19. The molecule has 0 aliphatic rings. The molecule has 0 amide bonds. The number of aliphatic hydroxyl groups is 1. The molecule has 2 aromatic carbocycles. The maximum atomic E-state index is 9.32. The lowest BCUT2D eigenvalue weighted by Crippen LogP contribution is -1.90. The molecule has 16 heavy (non-hydrogen) atoms. The normalized spacial score (nSPS) is 10.4. The molecule has 0 aromatic heterocycles. The third-order valence-corrected chi connectivity index (χ3v) is 2.72. The highest BCUT2D eigenvalue weighted by atomic mass is 16.3. The number of benzene rings is 2. The van der Waals surface area contributed by atoms with Crippen LogP contribution in [0.5, 0.6) is 0 Å². The predicted molar refractivity (Wildman–Crippen MR) is 67.3 cm³/mol. The van der Waals surface area contributed by atoms with Gasteiger partial charge in [-0.05, 0) is 30.5 Å². The van der Waals surface area contributed by atoms with Crippen molar-refractivity contribution in [1.82, 2.24) is 0 Å². The van der Waals surface area contributed by atoms with Gasteiger partial charge in [-0.15, -0.1) is 0 Å². The van der Waals surface area contributed by atoms with Gasteiger partial charge in [0.15, 0.2) is 0 Å². The molecule has 0 bridgehead atoms. The van der Waals surface area contributed by atoms with Gasteiger partial charge in [-0.2, -0.15) is 0 Å². The molecule has 2 aromatic rings. The van der Waals surface area contributed by atoms with Crippen molar-refractivity contribution in [1.29, 1.82) is 0 Å². The summed E-state index contributed by atoms with van der Waals surface area (Å²) >= 11 is 0. The Hall–Kier alpha value is -1.60. The topological polar surface area (TPSA) is 20.2 Å². The zero-order chi connectivity index (χ0) is 11.5. The van der Waals surface area contributed by atoms with Crippen LogP contribution in [0.15, 0.2) is 42.5 Å². The van der Waals surface area contributed by atoms with Gasteiger partial charge in [0.25, 0.3) is 0 Å². The van der Waals surface area contributed by atoms with Gasteiger partial charge in [-0.3, -0.25) is 0 Å². The maximum absolute atomic E-state index is 9.32. The third kappa shape index (κ3) is 2.15. The lowest BCUT2D eigenvalue weighted by Gasteiger charge is -2.09. The molecule has 0 radical (unpaired) electrons. The van der Waals surface area contributed by atoms with Crippen LogP contribution in [0.25, 0.3) is 11.1 Å². The van der Waals surface area contributed by atoms with E-state index in [4.69, 9.17) is 0 Å². The monoisotopic (exact) mass is 212 g/mol. The predicted octanol–water partition coefficient (Wildman–Crippen LogP) is 3.46. The van der Waals surface area contributed by atoms with Crippen LogP contribution in [0.3, 0.4) is 0 Å². The molecule has 0 atom stereocenters.